The van der Waals surface area contributed by atoms with Gasteiger partial charge in [0.1, 0.15) is 22.5 Å². The number of likely N-dealkylation sites (N-methyl/N-ethyl adjacent to an activating group) is 1. The summed E-state index contributed by atoms with van der Waals surface area (Å²) in [5.41, 5.74) is 1.99. The van der Waals surface area contributed by atoms with Gasteiger partial charge in [0.05, 0.1) is 20.3 Å². The molecule has 0 aromatic heterocycles. The number of hydrogen-bond acceptors (Lipinski definition) is 6. The van der Waals surface area contributed by atoms with E-state index in [1.54, 1.807) is 57.5 Å². The summed E-state index contributed by atoms with van der Waals surface area (Å²) < 4.78 is 40.3. The number of nitrogens with one attached hydrogen (secondary N) is 1. The van der Waals surface area contributed by atoms with Crippen LogP contribution in [0.25, 0.3) is 0 Å². The number of ether oxygens (including phenoxy) is 2. The topological polar surface area (TPSA) is 108 Å². The van der Waals surface area contributed by atoms with E-state index in [-0.39, 0.29) is 42.3 Å². The number of amides is 2. The van der Waals surface area contributed by atoms with Gasteiger partial charge in [0, 0.05) is 48.4 Å². The number of aliphatic hydroxyl groups is 1. The number of urea groups is 1. The predicted octanol–water partition coefficient (Wildman–Crippen LogP) is 4.03. The molecular formula is C31H35N3O6S. The summed E-state index contributed by atoms with van der Waals surface area (Å²) in [6, 6.07) is 20.3. The lowest BCUT2D eigenvalue weighted by atomic mass is 10.0. The first-order valence-corrected chi connectivity index (χ1v) is 14.7. The Labute approximate surface area is 241 Å². The largest absolute Gasteiger partial charge is 0.497 e. The standard InChI is InChI=1S/C31H35N3O6S/c1-22-19-34(23(2)21-35)41(37,38)30-16-15-25(14-13-24-9-6-5-7-10-24)17-28(30)40-29(22)20-33(3)31(36)32-26-11-8-12-27(18-26)39-4/h5-12,15-18,22-23,29,35H,19-21H2,1-4H3,(H,32,36)/t22-,23-,29+/m1/s1. The number of anilines is 1. The van der Waals surface area contributed by atoms with Crippen LogP contribution in [-0.4, -0.2) is 74.8 Å². The number of hydrogen-bond donors (Lipinski definition) is 2. The van der Waals surface area contributed by atoms with Crippen molar-refractivity contribution in [1.29, 1.82) is 0 Å². The molecule has 2 N–H and O–H groups in total. The SMILES string of the molecule is COc1cccc(NC(=O)N(C)C[C@@H]2Oc3cc(C#Cc4ccccc4)ccc3S(=O)(=O)N([C@H](C)CO)C[C@H]2C)c1. The number of carbonyl (C=O) groups is 1. The number of carbonyl (C=O) groups excluding carboxylic acids is 1. The number of fused-ring (bicyclic) bond motifs is 1. The van der Waals surface area contributed by atoms with Crippen LogP contribution in [-0.2, 0) is 10.0 Å². The predicted molar refractivity (Wildman–Crippen MR) is 158 cm³/mol. The minimum absolute atomic E-state index is 0.0107. The molecule has 0 saturated heterocycles. The Balaban J connectivity index is 1.65. The van der Waals surface area contributed by atoms with E-state index in [0.717, 1.165) is 5.56 Å². The first-order valence-electron chi connectivity index (χ1n) is 13.3. The minimum Gasteiger partial charge on any atom is -0.497 e. The second-order valence-corrected chi connectivity index (χ2v) is 11.9. The fourth-order valence-electron chi connectivity index (χ4n) is 4.46. The van der Waals surface area contributed by atoms with Crippen molar-refractivity contribution in [2.24, 2.45) is 5.92 Å². The zero-order chi connectivity index (χ0) is 29.6. The number of rotatable bonds is 6. The lowest BCUT2D eigenvalue weighted by Crippen LogP contribution is -2.50. The minimum atomic E-state index is -3.99. The molecule has 0 unspecified atom stereocenters. The van der Waals surface area contributed by atoms with E-state index in [0.29, 0.717) is 17.0 Å². The molecule has 0 radical (unpaired) electrons. The lowest BCUT2D eigenvalue weighted by Gasteiger charge is -2.37. The van der Waals surface area contributed by atoms with Gasteiger partial charge in [-0.15, -0.1) is 0 Å². The maximum atomic E-state index is 13.7. The Morgan fingerprint density at radius 2 is 1.85 bits per heavy atom. The van der Waals surface area contributed by atoms with Crippen molar-refractivity contribution in [2.45, 2.75) is 30.9 Å². The molecule has 1 heterocycles. The van der Waals surface area contributed by atoms with Gasteiger partial charge in [0.25, 0.3) is 0 Å². The van der Waals surface area contributed by atoms with E-state index in [1.165, 1.54) is 15.3 Å². The molecule has 1 aliphatic rings. The molecule has 10 heteroatoms. The number of benzene rings is 3. The molecule has 9 nitrogen and oxygen atoms in total. The van der Waals surface area contributed by atoms with Gasteiger partial charge >= 0.3 is 6.03 Å². The second kappa shape index (κ2) is 13.1. The molecule has 0 aliphatic carbocycles. The Morgan fingerprint density at radius 3 is 2.56 bits per heavy atom. The average molecular weight is 578 g/mol. The molecule has 0 saturated carbocycles. The Bertz CT molecular complexity index is 1530. The number of methoxy groups -OCH3 is 1. The molecule has 4 rings (SSSR count). The third-order valence-electron chi connectivity index (χ3n) is 6.91. The maximum absolute atomic E-state index is 13.7. The molecule has 1 aliphatic heterocycles. The van der Waals surface area contributed by atoms with Crippen LogP contribution in [0.1, 0.15) is 25.0 Å². The van der Waals surface area contributed by atoms with Gasteiger partial charge in [0.2, 0.25) is 10.0 Å². The quantitative estimate of drug-likeness (QED) is 0.429. The van der Waals surface area contributed by atoms with Crippen LogP contribution in [0.3, 0.4) is 0 Å². The average Bonchev–Trinajstić information content (AvgIpc) is 2.97. The fraction of sp³-hybridized carbons (Fsp3) is 0.323. The molecular weight excluding hydrogens is 542 g/mol. The van der Waals surface area contributed by atoms with E-state index in [4.69, 9.17) is 9.47 Å². The summed E-state index contributed by atoms with van der Waals surface area (Å²) >= 11 is 0. The molecule has 3 aromatic carbocycles. The van der Waals surface area contributed by atoms with Gasteiger partial charge in [-0.3, -0.25) is 0 Å². The molecule has 216 valence electrons. The molecule has 3 aromatic rings. The van der Waals surface area contributed by atoms with Gasteiger partial charge < -0.3 is 24.8 Å². The molecule has 2 amide bonds. The van der Waals surface area contributed by atoms with Crippen molar-refractivity contribution in [3.8, 4) is 23.3 Å². The van der Waals surface area contributed by atoms with Gasteiger partial charge in [-0.05, 0) is 49.4 Å². The third-order valence-corrected chi connectivity index (χ3v) is 8.93. The van der Waals surface area contributed by atoms with E-state index < -0.39 is 22.2 Å². The number of aliphatic hydroxyl groups excluding tert-OH is 1. The summed E-state index contributed by atoms with van der Waals surface area (Å²) in [7, 11) is -0.787. The summed E-state index contributed by atoms with van der Waals surface area (Å²) in [4.78, 5) is 14.5. The zero-order valence-electron chi connectivity index (χ0n) is 23.6. The highest BCUT2D eigenvalue weighted by atomic mass is 32.2. The van der Waals surface area contributed by atoms with Crippen LogP contribution in [0.2, 0.25) is 0 Å². The highest BCUT2D eigenvalue weighted by molar-refractivity contribution is 7.89. The second-order valence-electron chi connectivity index (χ2n) is 10.1. The Morgan fingerprint density at radius 1 is 1.12 bits per heavy atom. The van der Waals surface area contributed by atoms with Crippen LogP contribution in [0.5, 0.6) is 11.5 Å². The maximum Gasteiger partial charge on any atom is 0.321 e. The van der Waals surface area contributed by atoms with E-state index in [1.807, 2.05) is 37.3 Å². The van der Waals surface area contributed by atoms with Gasteiger partial charge in [-0.1, -0.05) is 43.0 Å². The van der Waals surface area contributed by atoms with Crippen LogP contribution in [0, 0.1) is 17.8 Å². The van der Waals surface area contributed by atoms with Crippen molar-refractivity contribution in [3.63, 3.8) is 0 Å². The van der Waals surface area contributed by atoms with Gasteiger partial charge in [0.15, 0.2) is 0 Å². The fourth-order valence-corrected chi connectivity index (χ4v) is 6.29. The van der Waals surface area contributed by atoms with E-state index in [2.05, 4.69) is 17.2 Å². The van der Waals surface area contributed by atoms with Crippen molar-refractivity contribution >= 4 is 21.7 Å². The normalized spacial score (nSPS) is 18.8. The van der Waals surface area contributed by atoms with Crippen LogP contribution in [0.4, 0.5) is 10.5 Å². The van der Waals surface area contributed by atoms with Gasteiger partial charge in [-0.25, -0.2) is 13.2 Å². The number of nitrogens with zero attached hydrogens (tertiary/aromatic N) is 2. The van der Waals surface area contributed by atoms with E-state index in [9.17, 15) is 18.3 Å². The Hall–Kier alpha value is -4.04. The van der Waals surface area contributed by atoms with Gasteiger partial charge in [-0.2, -0.15) is 4.31 Å². The molecule has 0 spiro atoms. The van der Waals surface area contributed by atoms with Crippen molar-refractivity contribution in [2.75, 3.05) is 39.2 Å². The molecule has 0 fully saturated rings. The first kappa shape index (κ1) is 29.9. The number of sulfonamides is 1. The van der Waals surface area contributed by atoms with Crippen LogP contribution < -0.4 is 14.8 Å². The smallest absolute Gasteiger partial charge is 0.321 e. The van der Waals surface area contributed by atoms with Crippen molar-refractivity contribution in [3.05, 3.63) is 83.9 Å². The first-order chi connectivity index (χ1) is 19.6. The Kier molecular flexibility index (Phi) is 9.55. The summed E-state index contributed by atoms with van der Waals surface area (Å²) in [5.74, 6) is 6.61. The zero-order valence-corrected chi connectivity index (χ0v) is 24.4. The lowest BCUT2D eigenvalue weighted by molar-refractivity contribution is 0.0830. The molecule has 41 heavy (non-hydrogen) atoms. The summed E-state index contributed by atoms with van der Waals surface area (Å²) in [6.45, 7) is 3.48. The van der Waals surface area contributed by atoms with Crippen molar-refractivity contribution < 1.29 is 27.8 Å². The highest BCUT2D eigenvalue weighted by Crippen LogP contribution is 2.34. The monoisotopic (exact) mass is 577 g/mol. The van der Waals surface area contributed by atoms with E-state index >= 15 is 0 Å². The van der Waals surface area contributed by atoms with Crippen LogP contribution in [0.15, 0.2) is 77.7 Å². The molecule has 3 atom stereocenters. The van der Waals surface area contributed by atoms with Crippen LogP contribution >= 0.6 is 0 Å². The molecule has 0 bridgehead atoms. The summed E-state index contributed by atoms with van der Waals surface area (Å²) in [6.07, 6.45) is -0.559. The van der Waals surface area contributed by atoms with Crippen molar-refractivity contribution in [1.82, 2.24) is 9.21 Å². The highest BCUT2D eigenvalue weighted by Gasteiger charge is 2.38. The summed E-state index contributed by atoms with van der Waals surface area (Å²) in [5, 5.41) is 12.7. The third kappa shape index (κ3) is 7.19.